The van der Waals surface area contributed by atoms with Crippen LogP contribution in [0.5, 0.6) is 0 Å². The van der Waals surface area contributed by atoms with Crippen molar-refractivity contribution in [3.63, 3.8) is 0 Å². The minimum absolute atomic E-state index is 0.267. The van der Waals surface area contributed by atoms with Crippen LogP contribution in [-0.4, -0.2) is 11.1 Å². The third kappa shape index (κ3) is 2.12. The molecule has 0 aromatic heterocycles. The molecule has 0 heterocycles. The van der Waals surface area contributed by atoms with Gasteiger partial charge in [0.1, 0.15) is 0 Å². The highest BCUT2D eigenvalue weighted by Crippen LogP contribution is 2.06. The summed E-state index contributed by atoms with van der Waals surface area (Å²) in [6.45, 7) is 0. The molecule has 0 aliphatic carbocycles. The van der Waals surface area contributed by atoms with Crippen LogP contribution in [0.3, 0.4) is 0 Å². The second-order valence-electron chi connectivity index (χ2n) is 2.30. The van der Waals surface area contributed by atoms with Crippen molar-refractivity contribution in [2.75, 3.05) is 0 Å². The fraction of sp³-hybridized carbons (Fsp3) is 0. The summed E-state index contributed by atoms with van der Waals surface area (Å²) in [5.41, 5.74) is 6.47. The molecule has 0 amide bonds. The molecule has 62 valence electrons. The van der Waals surface area contributed by atoms with Crippen molar-refractivity contribution < 1.29 is 9.90 Å². The Balaban J connectivity index is 2.93. The standard InChI is InChI=1S/C9H9NO2/c10-8(6-9(11)12)7-4-2-1-3-5-7/h1-6H,10H2,(H,11,12)/b8-6-. The number of carboxylic acids is 1. The molecule has 0 aliphatic heterocycles. The van der Waals surface area contributed by atoms with Crippen molar-refractivity contribution >= 4 is 11.7 Å². The summed E-state index contributed by atoms with van der Waals surface area (Å²) in [6, 6.07) is 8.97. The fourth-order valence-electron chi connectivity index (χ4n) is 0.847. The number of hydrogen-bond donors (Lipinski definition) is 2. The van der Waals surface area contributed by atoms with Gasteiger partial charge in [-0.2, -0.15) is 0 Å². The van der Waals surface area contributed by atoms with E-state index in [9.17, 15) is 4.79 Å². The average Bonchev–Trinajstić information content (AvgIpc) is 2.05. The Labute approximate surface area is 70.1 Å². The van der Waals surface area contributed by atoms with Gasteiger partial charge >= 0.3 is 5.97 Å². The zero-order chi connectivity index (χ0) is 8.97. The molecule has 0 bridgehead atoms. The third-order valence-corrected chi connectivity index (χ3v) is 1.39. The zero-order valence-electron chi connectivity index (χ0n) is 6.40. The molecule has 0 fully saturated rings. The first-order chi connectivity index (χ1) is 5.70. The maximum atomic E-state index is 10.2. The van der Waals surface area contributed by atoms with Gasteiger partial charge in [-0.05, 0) is 5.56 Å². The van der Waals surface area contributed by atoms with Crippen LogP contribution in [0.4, 0.5) is 0 Å². The van der Waals surface area contributed by atoms with Gasteiger partial charge in [-0.3, -0.25) is 0 Å². The molecule has 0 radical (unpaired) electrons. The van der Waals surface area contributed by atoms with Crippen LogP contribution in [0.1, 0.15) is 5.56 Å². The number of aliphatic carboxylic acids is 1. The molecule has 0 aliphatic rings. The van der Waals surface area contributed by atoms with E-state index >= 15 is 0 Å². The molecular weight excluding hydrogens is 154 g/mol. The van der Waals surface area contributed by atoms with E-state index in [4.69, 9.17) is 10.8 Å². The lowest BCUT2D eigenvalue weighted by Crippen LogP contribution is -2.00. The van der Waals surface area contributed by atoms with E-state index in [1.807, 2.05) is 6.07 Å². The van der Waals surface area contributed by atoms with E-state index in [1.54, 1.807) is 24.3 Å². The van der Waals surface area contributed by atoms with Gasteiger partial charge in [0.25, 0.3) is 0 Å². The molecular formula is C9H9NO2. The lowest BCUT2D eigenvalue weighted by Gasteiger charge is -1.97. The van der Waals surface area contributed by atoms with E-state index in [-0.39, 0.29) is 5.70 Å². The van der Waals surface area contributed by atoms with Crippen LogP contribution in [0.2, 0.25) is 0 Å². The van der Waals surface area contributed by atoms with Crippen molar-refractivity contribution in [2.45, 2.75) is 0 Å². The third-order valence-electron chi connectivity index (χ3n) is 1.39. The molecule has 3 nitrogen and oxygen atoms in total. The summed E-state index contributed by atoms with van der Waals surface area (Å²) in [6.07, 6.45) is 0.981. The van der Waals surface area contributed by atoms with Gasteiger partial charge in [0, 0.05) is 11.8 Å². The normalized spacial score (nSPS) is 11.2. The van der Waals surface area contributed by atoms with Crippen LogP contribution in [-0.2, 0) is 4.79 Å². The summed E-state index contributed by atoms with van der Waals surface area (Å²) in [5.74, 6) is -1.03. The first-order valence-corrected chi connectivity index (χ1v) is 3.45. The van der Waals surface area contributed by atoms with Crippen molar-refractivity contribution in [1.82, 2.24) is 0 Å². The Kier molecular flexibility index (Phi) is 2.48. The first-order valence-electron chi connectivity index (χ1n) is 3.45. The Hall–Kier alpha value is -1.77. The minimum Gasteiger partial charge on any atom is -0.478 e. The summed E-state index contributed by atoms with van der Waals surface area (Å²) in [5, 5.41) is 8.39. The van der Waals surface area contributed by atoms with E-state index in [0.717, 1.165) is 11.6 Å². The number of rotatable bonds is 2. The molecule has 0 spiro atoms. The predicted molar refractivity (Wildman–Crippen MR) is 46.2 cm³/mol. The lowest BCUT2D eigenvalue weighted by atomic mass is 10.1. The topological polar surface area (TPSA) is 63.3 Å². The van der Waals surface area contributed by atoms with E-state index < -0.39 is 5.97 Å². The van der Waals surface area contributed by atoms with Gasteiger partial charge in [0.2, 0.25) is 0 Å². The number of carboxylic acid groups (broad SMARTS) is 1. The smallest absolute Gasteiger partial charge is 0.330 e. The van der Waals surface area contributed by atoms with Gasteiger partial charge < -0.3 is 10.8 Å². The zero-order valence-corrected chi connectivity index (χ0v) is 6.40. The van der Waals surface area contributed by atoms with Crippen LogP contribution >= 0.6 is 0 Å². The largest absolute Gasteiger partial charge is 0.478 e. The monoisotopic (exact) mass is 163 g/mol. The van der Waals surface area contributed by atoms with Gasteiger partial charge in [-0.15, -0.1) is 0 Å². The Morgan fingerprint density at radius 1 is 1.33 bits per heavy atom. The molecule has 1 aromatic rings. The molecule has 3 N–H and O–H groups in total. The lowest BCUT2D eigenvalue weighted by molar-refractivity contribution is -0.131. The van der Waals surface area contributed by atoms with E-state index in [1.165, 1.54) is 0 Å². The summed E-state index contributed by atoms with van der Waals surface area (Å²) in [7, 11) is 0. The maximum Gasteiger partial charge on any atom is 0.330 e. The Morgan fingerprint density at radius 3 is 2.42 bits per heavy atom. The molecule has 0 saturated heterocycles. The second kappa shape index (κ2) is 3.57. The van der Waals surface area contributed by atoms with Crippen LogP contribution in [0.15, 0.2) is 36.4 Å². The predicted octanol–water partition coefficient (Wildman–Crippen LogP) is 1.07. The average molecular weight is 163 g/mol. The first kappa shape index (κ1) is 8.33. The van der Waals surface area contributed by atoms with Crippen molar-refractivity contribution in [3.8, 4) is 0 Å². The number of benzene rings is 1. The highest BCUT2D eigenvalue weighted by atomic mass is 16.4. The Bertz CT molecular complexity index is 304. The molecule has 0 unspecified atom stereocenters. The molecule has 0 atom stereocenters. The van der Waals surface area contributed by atoms with Crippen molar-refractivity contribution in [2.24, 2.45) is 5.73 Å². The van der Waals surface area contributed by atoms with Gasteiger partial charge in [-0.25, -0.2) is 4.79 Å². The van der Waals surface area contributed by atoms with Gasteiger partial charge in [0.15, 0.2) is 0 Å². The highest BCUT2D eigenvalue weighted by molar-refractivity contribution is 5.89. The molecule has 12 heavy (non-hydrogen) atoms. The number of carbonyl (C=O) groups is 1. The van der Waals surface area contributed by atoms with E-state index in [2.05, 4.69) is 0 Å². The molecule has 0 saturated carbocycles. The van der Waals surface area contributed by atoms with Crippen molar-refractivity contribution in [3.05, 3.63) is 42.0 Å². The number of hydrogen-bond acceptors (Lipinski definition) is 2. The maximum absolute atomic E-state index is 10.2. The SMILES string of the molecule is N/C(=C\C(=O)O)c1ccccc1. The second-order valence-corrected chi connectivity index (χ2v) is 2.30. The van der Waals surface area contributed by atoms with Gasteiger partial charge in [0.05, 0.1) is 0 Å². The van der Waals surface area contributed by atoms with Crippen molar-refractivity contribution in [1.29, 1.82) is 0 Å². The molecule has 1 aromatic carbocycles. The van der Waals surface area contributed by atoms with Crippen LogP contribution in [0, 0.1) is 0 Å². The van der Waals surface area contributed by atoms with Gasteiger partial charge in [-0.1, -0.05) is 30.3 Å². The molecule has 3 heteroatoms. The summed E-state index contributed by atoms with van der Waals surface area (Å²) in [4.78, 5) is 10.2. The minimum atomic E-state index is -1.03. The number of nitrogens with two attached hydrogens (primary N) is 1. The summed E-state index contributed by atoms with van der Waals surface area (Å²) >= 11 is 0. The summed E-state index contributed by atoms with van der Waals surface area (Å²) < 4.78 is 0. The Morgan fingerprint density at radius 2 is 1.92 bits per heavy atom. The highest BCUT2D eigenvalue weighted by Gasteiger charge is 1.96. The van der Waals surface area contributed by atoms with Crippen LogP contribution < -0.4 is 5.73 Å². The van der Waals surface area contributed by atoms with Crippen LogP contribution in [0.25, 0.3) is 5.70 Å². The fourth-order valence-corrected chi connectivity index (χ4v) is 0.847. The van der Waals surface area contributed by atoms with E-state index in [0.29, 0.717) is 0 Å². The quantitative estimate of drug-likeness (QED) is 0.641. The molecule has 1 rings (SSSR count).